The van der Waals surface area contributed by atoms with Gasteiger partial charge < -0.3 is 10.5 Å². The third-order valence-corrected chi connectivity index (χ3v) is 6.61. The van der Waals surface area contributed by atoms with Gasteiger partial charge in [-0.3, -0.25) is 15.4 Å². The van der Waals surface area contributed by atoms with Crippen molar-refractivity contribution >= 4 is 36.8 Å². The van der Waals surface area contributed by atoms with Crippen LogP contribution in [0.5, 0.6) is 0 Å². The number of allylic oxidation sites excluding steroid dienone is 5. The zero-order valence-electron chi connectivity index (χ0n) is 23.1. The normalized spacial score (nSPS) is 12.7. The van der Waals surface area contributed by atoms with Crippen molar-refractivity contribution in [3.63, 3.8) is 0 Å². The average Bonchev–Trinajstić information content (AvgIpc) is 2.93. The second-order valence-electron chi connectivity index (χ2n) is 8.34. The summed E-state index contributed by atoms with van der Waals surface area (Å²) in [5.41, 5.74) is 16.5. The molecule has 0 aliphatic heterocycles. The lowest BCUT2D eigenvalue weighted by molar-refractivity contribution is 0.963. The predicted molar refractivity (Wildman–Crippen MR) is 167 cm³/mol. The molecule has 0 unspecified atom stereocenters. The zero-order valence-corrected chi connectivity index (χ0v) is 23.9. The summed E-state index contributed by atoms with van der Waals surface area (Å²) in [6, 6.07) is 16.5. The quantitative estimate of drug-likeness (QED) is 0.157. The molecular weight excluding hydrogens is 476 g/mol. The average molecular weight is 519 g/mol. The Morgan fingerprint density at radius 1 is 1.05 bits per heavy atom. The molecule has 0 fully saturated rings. The summed E-state index contributed by atoms with van der Waals surface area (Å²) >= 11 is 1.59. The minimum absolute atomic E-state index is 0.579. The number of anilines is 1. The number of rotatable bonds is 12. The van der Waals surface area contributed by atoms with E-state index in [0.29, 0.717) is 6.54 Å². The molecule has 0 bridgehead atoms. The van der Waals surface area contributed by atoms with Gasteiger partial charge in [-0.05, 0) is 93.6 Å². The van der Waals surface area contributed by atoms with Crippen LogP contribution in [-0.2, 0) is 13.0 Å². The van der Waals surface area contributed by atoms with Crippen molar-refractivity contribution in [2.24, 2.45) is 20.8 Å². The molecule has 0 saturated carbocycles. The van der Waals surface area contributed by atoms with Crippen LogP contribution in [0.2, 0.25) is 0 Å². The minimum Gasteiger partial charge on any atom is -0.326 e. The van der Waals surface area contributed by atoms with Gasteiger partial charge in [-0.25, -0.2) is 0 Å². The van der Waals surface area contributed by atoms with Gasteiger partial charge in [0.05, 0.1) is 6.21 Å². The van der Waals surface area contributed by atoms with Gasteiger partial charge in [0, 0.05) is 42.3 Å². The number of nitrogens with two attached hydrogens (primary N) is 1. The first kappa shape index (κ1) is 31.6. The van der Waals surface area contributed by atoms with Crippen LogP contribution in [-0.4, -0.2) is 26.2 Å². The van der Waals surface area contributed by atoms with E-state index >= 15 is 0 Å². The maximum atomic E-state index is 5.57. The van der Waals surface area contributed by atoms with Crippen molar-refractivity contribution in [1.82, 2.24) is 5.43 Å². The van der Waals surface area contributed by atoms with E-state index in [9.17, 15) is 0 Å². The second-order valence-corrected chi connectivity index (χ2v) is 9.19. The summed E-state index contributed by atoms with van der Waals surface area (Å²) in [6.07, 6.45) is 9.45. The Bertz CT molecular complexity index is 1110. The number of nitrogens with one attached hydrogen (secondary N) is 2. The van der Waals surface area contributed by atoms with E-state index < -0.39 is 0 Å². The third-order valence-electron chi connectivity index (χ3n) is 5.60. The lowest BCUT2D eigenvalue weighted by Gasteiger charge is -2.09. The smallest absolute Gasteiger partial charge is 0.0519 e. The number of aryl methyl sites for hydroxylation is 1. The van der Waals surface area contributed by atoms with Gasteiger partial charge in [0.1, 0.15) is 0 Å². The van der Waals surface area contributed by atoms with Crippen molar-refractivity contribution in [2.45, 2.75) is 54.0 Å². The van der Waals surface area contributed by atoms with E-state index in [1.165, 1.54) is 21.6 Å². The van der Waals surface area contributed by atoms with E-state index in [4.69, 9.17) is 5.73 Å². The molecule has 7 heteroatoms. The fraction of sp³-hybridized carbons (Fsp3) is 0.300. The Morgan fingerprint density at radius 2 is 1.76 bits per heavy atom. The Morgan fingerprint density at radius 3 is 2.35 bits per heavy atom. The van der Waals surface area contributed by atoms with Crippen LogP contribution < -0.4 is 15.9 Å². The fourth-order valence-electron chi connectivity index (χ4n) is 2.81. The maximum absolute atomic E-state index is 5.57. The number of hydrazone groups is 1. The van der Waals surface area contributed by atoms with Crippen molar-refractivity contribution in [2.75, 3.05) is 11.8 Å². The molecule has 2 aromatic carbocycles. The molecule has 0 atom stereocenters. The van der Waals surface area contributed by atoms with E-state index in [2.05, 4.69) is 83.1 Å². The first-order valence-electron chi connectivity index (χ1n) is 12.3. The fourth-order valence-corrected chi connectivity index (χ4v) is 3.65. The molecule has 198 valence electrons. The lowest BCUT2D eigenvalue weighted by atomic mass is 10.1. The first-order valence-corrected chi connectivity index (χ1v) is 13.1. The van der Waals surface area contributed by atoms with Gasteiger partial charge in [0.15, 0.2) is 0 Å². The van der Waals surface area contributed by atoms with Crippen molar-refractivity contribution in [3.8, 4) is 0 Å². The van der Waals surface area contributed by atoms with Crippen molar-refractivity contribution < 1.29 is 0 Å². The number of aliphatic imine (C=N–C) groups is 2. The highest BCUT2D eigenvalue weighted by Gasteiger charge is 2.01. The molecule has 0 amide bonds. The van der Waals surface area contributed by atoms with Crippen LogP contribution in [0, 0.1) is 6.92 Å². The molecular formula is C30H42N6S. The van der Waals surface area contributed by atoms with Crippen molar-refractivity contribution in [1.29, 1.82) is 0 Å². The SMILES string of the molecule is C=N/C(C)=C(C)/C=N\N/C=C\Cc1ccccc1C.CC/C(C)=C(/C=NC)SNc1ccc(CN)cc1. The van der Waals surface area contributed by atoms with Crippen LogP contribution in [0.15, 0.2) is 97.6 Å². The molecule has 0 aliphatic rings. The van der Waals surface area contributed by atoms with E-state index in [-0.39, 0.29) is 0 Å². The summed E-state index contributed by atoms with van der Waals surface area (Å²) in [5, 5.41) is 4.09. The Kier molecular flexibility index (Phi) is 16.1. The molecule has 0 aromatic heterocycles. The van der Waals surface area contributed by atoms with E-state index in [1.807, 2.05) is 50.5 Å². The number of nitrogens with zero attached hydrogens (tertiary/aromatic N) is 3. The highest BCUT2D eigenvalue weighted by Crippen LogP contribution is 2.23. The molecule has 0 spiro atoms. The summed E-state index contributed by atoms with van der Waals surface area (Å²) in [5.74, 6) is 0. The standard InChI is InChI=1S/C16H21N3.C14H21N3S/c1-13-8-5-6-9-16(13)10-7-11-18-19-12-14(2)15(3)17-4;1-4-11(2)14(10-16-3)18-17-13-7-5-12(9-15)6-8-13/h5-9,11-12,18H,4,10H2,1-3H3;5-8,10,17H,4,9,15H2,1-3H3/b11-7-,15-14+,19-12-;14-11-,16-10?. The summed E-state index contributed by atoms with van der Waals surface area (Å²) in [7, 11) is 1.79. The lowest BCUT2D eigenvalue weighted by Crippen LogP contribution is -1.96. The van der Waals surface area contributed by atoms with Gasteiger partial charge in [0.25, 0.3) is 0 Å². The monoisotopic (exact) mass is 518 g/mol. The van der Waals surface area contributed by atoms with Crippen LogP contribution in [0.25, 0.3) is 0 Å². The summed E-state index contributed by atoms with van der Waals surface area (Å²) < 4.78 is 3.32. The van der Waals surface area contributed by atoms with E-state index in [1.54, 1.807) is 25.2 Å². The molecule has 2 aromatic rings. The number of hydrogen-bond acceptors (Lipinski definition) is 7. The Hall–Kier alpha value is -3.42. The summed E-state index contributed by atoms with van der Waals surface area (Å²) in [4.78, 5) is 9.10. The van der Waals surface area contributed by atoms with Crippen molar-refractivity contribution in [3.05, 3.63) is 99.2 Å². The van der Waals surface area contributed by atoms with Gasteiger partial charge >= 0.3 is 0 Å². The molecule has 0 radical (unpaired) electrons. The van der Waals surface area contributed by atoms with Crippen LogP contribution in [0.4, 0.5) is 5.69 Å². The van der Waals surface area contributed by atoms with Gasteiger partial charge in [-0.1, -0.05) is 55.0 Å². The Balaban J connectivity index is 0.000000371. The third kappa shape index (κ3) is 12.9. The molecule has 37 heavy (non-hydrogen) atoms. The topological polar surface area (TPSA) is 87.2 Å². The molecule has 6 nitrogen and oxygen atoms in total. The predicted octanol–water partition coefficient (Wildman–Crippen LogP) is 7.21. The second kappa shape index (κ2) is 18.8. The Labute approximate surface area is 227 Å². The van der Waals surface area contributed by atoms with Crippen LogP contribution in [0.1, 0.15) is 50.8 Å². The van der Waals surface area contributed by atoms with Gasteiger partial charge in [-0.2, -0.15) is 5.10 Å². The van der Waals surface area contributed by atoms with E-state index in [0.717, 1.165) is 35.4 Å². The van der Waals surface area contributed by atoms with Crippen LogP contribution in [0.3, 0.4) is 0 Å². The van der Waals surface area contributed by atoms with Gasteiger partial charge in [0.2, 0.25) is 0 Å². The van der Waals surface area contributed by atoms with Crippen LogP contribution >= 0.6 is 11.9 Å². The molecule has 0 aliphatic carbocycles. The molecule has 0 heterocycles. The summed E-state index contributed by atoms with van der Waals surface area (Å²) in [6.45, 7) is 14.3. The minimum atomic E-state index is 0.579. The highest BCUT2D eigenvalue weighted by atomic mass is 32.2. The number of benzene rings is 2. The molecule has 2 rings (SSSR count). The molecule has 0 saturated heterocycles. The highest BCUT2D eigenvalue weighted by molar-refractivity contribution is 8.05. The zero-order chi connectivity index (χ0) is 27.5. The maximum Gasteiger partial charge on any atom is 0.0519 e. The number of hydrogen-bond donors (Lipinski definition) is 3. The first-order chi connectivity index (χ1) is 17.9. The largest absolute Gasteiger partial charge is 0.326 e. The van der Waals surface area contributed by atoms with Gasteiger partial charge in [-0.15, -0.1) is 0 Å². The molecule has 4 N–H and O–H groups in total.